The Morgan fingerprint density at radius 2 is 0.721 bits per heavy atom. The van der Waals surface area contributed by atoms with Crippen molar-refractivity contribution < 1.29 is 100 Å². The Labute approximate surface area is 868 Å². The number of hydrogen-bond acceptors (Lipinski definition) is 34. The van der Waals surface area contributed by atoms with E-state index in [0.29, 0.717) is 194 Å². The summed E-state index contributed by atoms with van der Waals surface area (Å²) in [4.78, 5) is 72.8. The number of nitrogens with zero attached hydrogens (tertiary/aromatic N) is 11. The molecule has 45 heteroatoms. The number of sulfone groups is 4. The van der Waals surface area contributed by atoms with Gasteiger partial charge < -0.3 is 79.5 Å². The molecule has 0 bridgehead atoms. The molecule has 7 saturated heterocycles. The summed E-state index contributed by atoms with van der Waals surface area (Å²) in [6, 6.07) is 27.5. The lowest BCUT2D eigenvalue weighted by molar-refractivity contribution is -0.120. The first kappa shape index (κ1) is 108. The van der Waals surface area contributed by atoms with Gasteiger partial charge in [-0.3, -0.25) is 38.1 Å². The second-order valence-electron chi connectivity index (χ2n) is 38.4. The Hall–Kier alpha value is -10.2. The number of imidazole rings is 3. The van der Waals surface area contributed by atoms with Gasteiger partial charge in [0.2, 0.25) is 5.91 Å². The molecule has 788 valence electrons. The smallest absolute Gasteiger partial charge is 0.220 e. The number of Topliss-reactive ketones (excluding diaryl/α,β-unsaturated/α-hetero) is 2. The average molecular weight is 2160 g/mol. The van der Waals surface area contributed by atoms with E-state index >= 15 is 0 Å². The van der Waals surface area contributed by atoms with Crippen molar-refractivity contribution in [2.45, 2.75) is 206 Å². The predicted octanol–water partition coefficient (Wildman–Crippen LogP) is 16.4. The number of nitrogens with two attached hydrogens (primary N) is 2. The molecule has 7 N–H and O–H groups in total. The Kier molecular flexibility index (Phi) is 34.6. The van der Waals surface area contributed by atoms with Crippen LogP contribution >= 0.6 is 34.8 Å². The summed E-state index contributed by atoms with van der Waals surface area (Å²) >= 11 is 18.5. The Bertz CT molecular complexity index is 7240. The number of rotatable bonds is 24. The number of nitrogens with one attached hydrogen (secondary N) is 3. The third kappa shape index (κ3) is 27.2. The van der Waals surface area contributed by atoms with Gasteiger partial charge in [-0.25, -0.2) is 63.6 Å². The number of pyridine rings is 4. The number of aryl methyl sites for hydroxylation is 3. The molecule has 3 saturated carbocycles. The molecular weight excluding hydrogens is 2040 g/mol. The first-order valence-corrected chi connectivity index (χ1v) is 58.1. The SMILES string of the molecule is CC1=Nc2c(Nc3ccc(C4COCCO4)cc3S(C)(=O)=O)cc(CC(=O)C3CC3)nc2C1.CS(=O)(=O)c1cc(C2COCCO2)ccc1N.Cc1nc2c(Cl)cc(Cl)nc2n1C1CCCCO1.Cc1nc2c(Nc3ccc(C4COCCO4)cc3S(C)(=O)=O)cc(CC(=O)C3CC3)nc2n1C1CCCCO1.Cc1nc2c(Nc3ccc(C4COCCO4)cc3S(C)(=O)=O)cc(Cl)nc2n1C1CCCCO1.NC(=O)C1CC1. The summed E-state index contributed by atoms with van der Waals surface area (Å²) in [5.74, 6) is 3.14. The normalized spacial score (nSPS) is 21.3. The van der Waals surface area contributed by atoms with Crippen molar-refractivity contribution >= 4 is 176 Å². The summed E-state index contributed by atoms with van der Waals surface area (Å²) in [7, 11) is -14.0. The Morgan fingerprint density at radius 3 is 1.08 bits per heavy atom. The molecule has 147 heavy (non-hydrogen) atoms. The number of carbonyl (C=O) groups is 3. The molecule has 7 atom stereocenters. The Morgan fingerprint density at radius 1 is 0.374 bits per heavy atom. The highest BCUT2D eigenvalue weighted by molar-refractivity contribution is 7.91. The second kappa shape index (κ2) is 47.1. The van der Waals surface area contributed by atoms with Gasteiger partial charge in [0.05, 0.1) is 161 Å². The van der Waals surface area contributed by atoms with Crippen LogP contribution in [0.2, 0.25) is 15.3 Å². The number of aromatic nitrogens is 10. The highest BCUT2D eigenvalue weighted by Crippen LogP contribution is 2.45. The van der Waals surface area contributed by atoms with Crippen LogP contribution in [0.1, 0.15) is 203 Å². The van der Waals surface area contributed by atoms with Crippen molar-refractivity contribution in [3.8, 4) is 0 Å². The molecule has 11 aromatic rings. The summed E-state index contributed by atoms with van der Waals surface area (Å²) in [6.45, 7) is 15.5. The van der Waals surface area contributed by atoms with Crippen LogP contribution in [-0.4, -0.2) is 230 Å². The van der Waals surface area contributed by atoms with E-state index in [1.54, 1.807) is 66.7 Å². The van der Waals surface area contributed by atoms with Crippen LogP contribution in [0.5, 0.6) is 0 Å². The van der Waals surface area contributed by atoms with Gasteiger partial charge in [-0.2, -0.15) is 0 Å². The molecule has 8 aliphatic heterocycles. The van der Waals surface area contributed by atoms with Crippen molar-refractivity contribution in [1.82, 2.24) is 48.6 Å². The van der Waals surface area contributed by atoms with E-state index < -0.39 is 39.3 Å². The van der Waals surface area contributed by atoms with Crippen molar-refractivity contribution in [2.75, 3.05) is 146 Å². The van der Waals surface area contributed by atoms with Crippen LogP contribution in [-0.2, 0) is 125 Å². The van der Waals surface area contributed by atoms with Gasteiger partial charge in [-0.05, 0) is 213 Å². The molecule has 7 unspecified atom stereocenters. The zero-order valence-corrected chi connectivity index (χ0v) is 88.7. The number of ketones is 2. The number of benzene rings is 4. The van der Waals surface area contributed by atoms with Gasteiger partial charge in [0.1, 0.15) is 105 Å². The number of halogens is 3. The van der Waals surface area contributed by atoms with Crippen LogP contribution in [0.3, 0.4) is 0 Å². The molecule has 11 aliphatic rings. The van der Waals surface area contributed by atoms with Crippen molar-refractivity contribution in [2.24, 2.45) is 28.5 Å². The quantitative estimate of drug-likeness (QED) is 0.0277. The van der Waals surface area contributed by atoms with Crippen LogP contribution in [0.15, 0.2) is 122 Å². The number of carbonyl (C=O) groups excluding carboxylic acids is 3. The highest BCUT2D eigenvalue weighted by atomic mass is 35.5. The number of fused-ring (bicyclic) bond motifs is 4. The summed E-state index contributed by atoms with van der Waals surface area (Å²) in [5, 5.41) is 11.0. The molecule has 38 nitrogen and oxygen atoms in total. The molecule has 22 rings (SSSR count). The number of ether oxygens (including phenoxy) is 11. The summed E-state index contributed by atoms with van der Waals surface area (Å²) in [6.07, 6.45) is 19.3. The lowest BCUT2D eigenvalue weighted by atomic mass is 10.1. The summed E-state index contributed by atoms with van der Waals surface area (Å²) < 4.78 is 168. The van der Waals surface area contributed by atoms with E-state index in [-0.39, 0.29) is 122 Å². The van der Waals surface area contributed by atoms with E-state index in [2.05, 4.69) is 40.9 Å². The maximum atomic E-state index is 12.9. The van der Waals surface area contributed by atoms with Gasteiger partial charge in [-0.1, -0.05) is 59.1 Å². The lowest BCUT2D eigenvalue weighted by Gasteiger charge is -2.25. The van der Waals surface area contributed by atoms with Crippen LogP contribution in [0.4, 0.5) is 45.5 Å². The largest absolute Gasteiger partial charge is 0.398 e. The molecule has 1 amide bonds. The third-order valence-electron chi connectivity index (χ3n) is 26.6. The average Bonchev–Trinajstić information content (AvgIpc) is 1.62. The van der Waals surface area contributed by atoms with Crippen LogP contribution in [0.25, 0.3) is 33.5 Å². The minimum Gasteiger partial charge on any atom is -0.398 e. The second-order valence-corrected chi connectivity index (χ2v) is 47.5. The maximum Gasteiger partial charge on any atom is 0.220 e. The number of primary amides is 1. The number of amides is 1. The predicted molar refractivity (Wildman–Crippen MR) is 554 cm³/mol. The molecule has 3 aliphatic carbocycles. The van der Waals surface area contributed by atoms with Gasteiger partial charge >= 0.3 is 0 Å². The monoisotopic (exact) mass is 2160 g/mol. The third-order valence-corrected chi connectivity index (χ3v) is 31.8. The van der Waals surface area contributed by atoms with Crippen LogP contribution in [0, 0.1) is 38.5 Å². The number of hydrogen-bond donors (Lipinski definition) is 5. The number of nitrogen functional groups attached to an aromatic ring is 1. The molecule has 4 aromatic carbocycles. The van der Waals surface area contributed by atoms with E-state index in [1.807, 2.05) is 71.7 Å². The number of anilines is 7. The fourth-order valence-electron chi connectivity index (χ4n) is 18.6. The number of aliphatic imine (C=N–C) groups is 1. The Balaban J connectivity index is 0.000000127. The van der Waals surface area contributed by atoms with Gasteiger partial charge in [-0.15, -0.1) is 0 Å². The van der Waals surface area contributed by atoms with E-state index in [4.69, 9.17) is 113 Å². The summed E-state index contributed by atoms with van der Waals surface area (Å²) in [5.41, 5.74) is 24.5. The van der Waals surface area contributed by atoms with Crippen LogP contribution < -0.4 is 27.4 Å². The fourth-order valence-corrected chi connectivity index (χ4v) is 22.7. The van der Waals surface area contributed by atoms with Crippen molar-refractivity contribution in [1.29, 1.82) is 0 Å². The van der Waals surface area contributed by atoms with Crippen molar-refractivity contribution in [3.63, 3.8) is 0 Å². The topological polar surface area (TPSA) is 495 Å². The zero-order valence-electron chi connectivity index (χ0n) is 83.2. The standard InChI is InChI=1S/C28H34N4O6S.C24H27N3O5S.C23H27ClN4O5S.C12H13Cl2N3O.C11H15NO4S.C4H7NO/c1-17-29-27-22(31-21-9-8-19(13-25(21)39(2,34)35)24-16-36-11-12-37-24)14-20(15-23(33)18-6-7-18)30-28(27)32(17)26-5-3-4-10-38-26;1-14-9-19-24(25-14)20(11-17(26-19)12-21(28)15-3-4-15)27-18-6-5-16(10-23(18)33(2,29)30)22-13-31-7-8-32-22;1-14-25-22-17(12-20(24)27-23(22)28(14)21-5-3-4-8-33-21)26-16-7-6-15(11-19(16)34(2,29)30)18-13-31-9-10-32-18;1-7-15-11-8(13)6-9(14)16-12(11)17(7)10-4-2-3-5-18-10;1-17(13,14)11-6-8(2-3-9(11)12)10-7-15-4-5-16-10;5-4(6)3-1-2-3/h8-9,13-14,18,24,26H,3-7,10-12,15-16H2,1-2H3,(H,30,31);5-6,10-11,15,22H,3-4,7-9,12-13H2,1-2H3,(H,26,27);6-7,11-12,18,21H,3-5,8-10,13H2,1-2H3,(H,26,27);6,10H,2-5H2,1H3;2-3,6,10H,4-5,7,12H2,1H3;3H,1-2H2,(H2,5,6). The van der Waals surface area contributed by atoms with E-state index in [0.717, 1.165) is 160 Å². The minimum atomic E-state index is -3.59. The minimum absolute atomic E-state index is 0.00853. The molecule has 0 radical (unpaired) electrons. The fraction of sp³-hybridized carbons (Fsp3) is 0.500. The highest BCUT2D eigenvalue weighted by Gasteiger charge is 2.37. The van der Waals surface area contributed by atoms with Gasteiger partial charge in [0.15, 0.2) is 56.3 Å². The molecular formula is C102H123Cl3N16O22S4. The maximum absolute atomic E-state index is 12.9. The molecule has 7 aromatic heterocycles. The molecule has 0 spiro atoms. The van der Waals surface area contributed by atoms with Gasteiger partial charge in [0, 0.05) is 93.6 Å². The lowest BCUT2D eigenvalue weighted by Crippen LogP contribution is -2.22. The van der Waals surface area contributed by atoms with Crippen molar-refractivity contribution in [3.05, 3.63) is 169 Å². The molecule has 10 fully saturated rings. The van der Waals surface area contributed by atoms with E-state index in [9.17, 15) is 48.1 Å². The zero-order chi connectivity index (χ0) is 104. The van der Waals surface area contributed by atoms with E-state index in [1.165, 1.54) is 18.8 Å². The molecule has 15 heterocycles. The van der Waals surface area contributed by atoms with Gasteiger partial charge in [0.25, 0.3) is 0 Å². The first-order valence-electron chi connectivity index (χ1n) is 49.4. The first-order chi connectivity index (χ1) is 70.3.